The third-order valence-electron chi connectivity index (χ3n) is 15.8. The van der Waals surface area contributed by atoms with Crippen molar-refractivity contribution in [1.82, 2.24) is 4.58 Å². The second-order valence-corrected chi connectivity index (χ2v) is 22.3. The van der Waals surface area contributed by atoms with Crippen molar-refractivity contribution in [3.8, 4) is 28.7 Å². The topological polar surface area (TPSA) is 309 Å². The highest BCUT2D eigenvalue weighted by atomic mass is 16.7. The van der Waals surface area contributed by atoms with Gasteiger partial charge in [-0.2, -0.15) is 0 Å². The number of rotatable bonds is 32. The van der Waals surface area contributed by atoms with Crippen LogP contribution in [0.1, 0.15) is 112 Å². The molecular weight excluding hydrogens is 1200 g/mol. The zero-order valence-electron chi connectivity index (χ0n) is 52.2. The molecule has 5 aliphatic rings. The van der Waals surface area contributed by atoms with Crippen molar-refractivity contribution in [3.05, 3.63) is 103 Å². The maximum absolute atomic E-state index is 14.0. The van der Waals surface area contributed by atoms with E-state index in [0.717, 1.165) is 157 Å². The van der Waals surface area contributed by atoms with Gasteiger partial charge in [0.15, 0.2) is 0 Å². The predicted molar refractivity (Wildman–Crippen MR) is 327 cm³/mol. The summed E-state index contributed by atoms with van der Waals surface area (Å²) in [6.45, 7) is 3.18. The highest BCUT2D eigenvalue weighted by Crippen LogP contribution is 2.51. The molecule has 27 heteroatoms. The highest BCUT2D eigenvalue weighted by Gasteiger charge is 2.37. The van der Waals surface area contributed by atoms with Crippen molar-refractivity contribution in [2.24, 2.45) is 5.11 Å². The van der Waals surface area contributed by atoms with E-state index in [1.807, 2.05) is 0 Å². The third kappa shape index (κ3) is 17.4. The summed E-state index contributed by atoms with van der Waals surface area (Å²) in [6, 6.07) is 14.4. The molecule has 5 heterocycles. The van der Waals surface area contributed by atoms with Crippen LogP contribution in [0, 0.1) is 0 Å². The molecule has 0 fully saturated rings. The molecule has 0 radical (unpaired) electrons. The van der Waals surface area contributed by atoms with Gasteiger partial charge in [0.2, 0.25) is 32.5 Å². The van der Waals surface area contributed by atoms with Crippen molar-refractivity contribution in [2.45, 2.75) is 105 Å². The van der Waals surface area contributed by atoms with Gasteiger partial charge in [-0.05, 0) is 92.8 Å². The van der Waals surface area contributed by atoms with Crippen molar-refractivity contribution >= 4 is 70.4 Å². The molecule has 0 aromatic heterocycles. The molecule has 27 nitrogen and oxygen atoms in total. The monoisotopic (exact) mass is 1270 g/mol. The summed E-state index contributed by atoms with van der Waals surface area (Å²) < 4.78 is 70.5. The number of fused-ring (bicyclic) bond motifs is 4. The van der Waals surface area contributed by atoms with Gasteiger partial charge in [-0.25, -0.2) is 4.58 Å². The lowest BCUT2D eigenvalue weighted by Gasteiger charge is -2.39. The molecular formula is C65H76N7O20+. The number of ether oxygens (including phenoxy) is 12. The number of esters is 8. The SMILES string of the molecule is CC(=O)OCOC(=O)CN(CC(=O)OCOC(C)=O)c1ccccc1OCCOc1cc(OCCCCCCN=[N+]=[N-])c(C2=c3cc4c5c(c3Oc3c2cc2c6c3CCCN6CCC2)CCC[N+]=5CCC4)cc1N(CC(=O)OCOC(C)=O)CC(=O)OCOC(C)=O. The molecule has 92 heavy (non-hydrogen) atoms. The lowest BCUT2D eigenvalue weighted by atomic mass is 9.82. The van der Waals surface area contributed by atoms with Crippen LogP contribution in [-0.4, -0.2) is 154 Å². The summed E-state index contributed by atoms with van der Waals surface area (Å²) in [4.78, 5) is 109. The first-order valence-electron chi connectivity index (χ1n) is 30.8. The summed E-state index contributed by atoms with van der Waals surface area (Å²) in [7, 11) is 0. The lowest BCUT2D eigenvalue weighted by molar-refractivity contribution is -0.167. The normalized spacial score (nSPS) is 13.8. The fourth-order valence-corrected chi connectivity index (χ4v) is 12.0. The number of hydrogen-bond acceptors (Lipinski definition) is 24. The minimum atomic E-state index is -0.915. The van der Waals surface area contributed by atoms with E-state index >= 15 is 0 Å². The number of benzene rings is 4. The highest BCUT2D eigenvalue weighted by molar-refractivity contribution is 5.94. The maximum atomic E-state index is 14.0. The molecule has 0 amide bonds. The number of carbonyl (C=O) groups excluding carboxylic acids is 8. The van der Waals surface area contributed by atoms with E-state index in [1.54, 1.807) is 36.4 Å². The quantitative estimate of drug-likeness (QED) is 0.00729. The van der Waals surface area contributed by atoms with E-state index in [9.17, 15) is 38.4 Å². The first kappa shape index (κ1) is 66.6. The largest absolute Gasteiger partial charge is 0.493 e. The molecule has 0 spiro atoms. The van der Waals surface area contributed by atoms with E-state index in [1.165, 1.54) is 32.0 Å². The molecule has 0 atom stereocenters. The number of nitrogens with zero attached hydrogens (tertiary/aromatic N) is 7. The Bertz CT molecular complexity index is 3570. The standard InChI is InChI=1S/C65H76N7O20/c1-41(73)84-37-88-57(77)33-71(34-58(78)89-38-85-42(2)74)52-19-7-8-20-54(52)82-27-28-83-56-32-55(81-26-10-6-5-9-21-67-68-66)49(31-53(56)72(35-59(79)90-39-86-43(3)75)36-60(80)91-40-87-44(4)76)61-50-29-45-15-11-22-69-24-13-17-47(62(45)69)64(50)92-65-48-18-14-25-70-23-12-16-46(63(48)70)30-51(61)65/h7-8,19-20,29-32H,5-6,9-18,21-28,33-40H2,1-4H3/q+1. The molecule has 9 rings (SSSR count). The number of carbonyl (C=O) groups is 8. The van der Waals surface area contributed by atoms with Gasteiger partial charge in [0.1, 0.15) is 81.2 Å². The van der Waals surface area contributed by atoms with Crippen LogP contribution in [0.2, 0.25) is 0 Å². The number of para-hydroxylation sites is 2. The number of unbranched alkanes of at least 4 members (excludes halogenated alkanes) is 3. The molecule has 0 saturated carbocycles. The second kappa shape index (κ2) is 32.3. The fourth-order valence-electron chi connectivity index (χ4n) is 12.0. The van der Waals surface area contributed by atoms with Gasteiger partial charge in [0.05, 0.1) is 23.5 Å². The van der Waals surface area contributed by atoms with Crippen LogP contribution in [0.5, 0.6) is 28.7 Å². The Hall–Kier alpha value is -9.78. The van der Waals surface area contributed by atoms with Gasteiger partial charge < -0.3 is 71.5 Å². The van der Waals surface area contributed by atoms with Gasteiger partial charge >= 0.3 is 47.8 Å². The molecule has 0 saturated heterocycles. The first-order chi connectivity index (χ1) is 44.6. The van der Waals surface area contributed by atoms with Gasteiger partial charge in [0, 0.05) is 110 Å². The Morgan fingerprint density at radius 3 is 1.68 bits per heavy atom. The first-order valence-corrected chi connectivity index (χ1v) is 30.8. The summed E-state index contributed by atoms with van der Waals surface area (Å²) in [5.41, 5.74) is 17.4. The Morgan fingerprint density at radius 2 is 1.08 bits per heavy atom. The summed E-state index contributed by atoms with van der Waals surface area (Å²) in [5, 5.41) is 5.75. The Morgan fingerprint density at radius 1 is 0.543 bits per heavy atom. The van der Waals surface area contributed by atoms with E-state index in [0.29, 0.717) is 30.7 Å². The maximum Gasteiger partial charge on any atom is 0.328 e. The molecule has 0 bridgehead atoms. The van der Waals surface area contributed by atoms with Crippen LogP contribution in [0.3, 0.4) is 0 Å². The van der Waals surface area contributed by atoms with Crippen LogP contribution in [0.4, 0.5) is 17.1 Å². The summed E-state index contributed by atoms with van der Waals surface area (Å²) in [5.74, 6) is -4.28. The lowest BCUT2D eigenvalue weighted by Crippen LogP contribution is -2.45. The Kier molecular flexibility index (Phi) is 23.4. The molecule has 5 aliphatic heterocycles. The number of hydrogen-bond donors (Lipinski definition) is 0. The van der Waals surface area contributed by atoms with E-state index < -0.39 is 101 Å². The average Bonchev–Trinajstić information content (AvgIpc) is 0.713. The number of aryl methyl sites for hydroxylation is 2. The van der Waals surface area contributed by atoms with E-state index in [-0.39, 0.29) is 42.7 Å². The van der Waals surface area contributed by atoms with Crippen LogP contribution < -0.4 is 48.8 Å². The van der Waals surface area contributed by atoms with Gasteiger partial charge in [-0.3, -0.25) is 38.4 Å². The van der Waals surface area contributed by atoms with Crippen LogP contribution in [-0.2, 0) is 102 Å². The molecule has 0 unspecified atom stereocenters. The van der Waals surface area contributed by atoms with Crippen molar-refractivity contribution in [1.29, 1.82) is 0 Å². The fraction of sp³-hybridized carbons (Fsp3) is 0.492. The zero-order chi connectivity index (χ0) is 65.1. The van der Waals surface area contributed by atoms with E-state index in [2.05, 4.69) is 31.6 Å². The van der Waals surface area contributed by atoms with E-state index in [4.69, 9.17) is 62.4 Å². The third-order valence-corrected chi connectivity index (χ3v) is 15.8. The van der Waals surface area contributed by atoms with Crippen molar-refractivity contribution < 1.29 is 95.2 Å². The zero-order valence-corrected chi connectivity index (χ0v) is 52.2. The summed E-state index contributed by atoms with van der Waals surface area (Å²) >= 11 is 0. The molecule has 490 valence electrons. The van der Waals surface area contributed by atoms with Crippen molar-refractivity contribution in [3.63, 3.8) is 0 Å². The Labute approximate surface area is 530 Å². The molecule has 4 aromatic carbocycles. The Balaban J connectivity index is 1.18. The van der Waals surface area contributed by atoms with Gasteiger partial charge in [-0.15, -0.1) is 0 Å². The number of anilines is 3. The minimum Gasteiger partial charge on any atom is -0.493 e. The minimum absolute atomic E-state index is 0.0868. The second-order valence-electron chi connectivity index (χ2n) is 22.3. The number of azide groups is 1. The summed E-state index contributed by atoms with van der Waals surface area (Å²) in [6.07, 6.45) is 9.84. The molecule has 0 N–H and O–H groups in total. The van der Waals surface area contributed by atoms with Crippen molar-refractivity contribution in [2.75, 3.05) is 121 Å². The van der Waals surface area contributed by atoms with Gasteiger partial charge in [0.25, 0.3) is 0 Å². The predicted octanol–water partition coefficient (Wildman–Crippen LogP) is 5.70. The molecule has 4 aromatic rings. The average molecular weight is 1280 g/mol. The van der Waals surface area contributed by atoms with Crippen LogP contribution >= 0.6 is 0 Å². The molecule has 0 aliphatic carbocycles. The smallest absolute Gasteiger partial charge is 0.328 e. The van der Waals surface area contributed by atoms with Gasteiger partial charge in [-0.1, -0.05) is 30.1 Å². The van der Waals surface area contributed by atoms with Crippen LogP contribution in [0.25, 0.3) is 16.0 Å². The van der Waals surface area contributed by atoms with Crippen LogP contribution in [0.15, 0.2) is 53.6 Å².